The average Bonchev–Trinajstić information content (AvgIpc) is 2.62. The molecule has 0 saturated carbocycles. The Morgan fingerprint density at radius 3 is 2.54 bits per heavy atom. The number of ketones is 1. The second kappa shape index (κ2) is 8.57. The van der Waals surface area contributed by atoms with Crippen molar-refractivity contribution in [3.63, 3.8) is 0 Å². The molecule has 0 aliphatic heterocycles. The Bertz CT molecular complexity index is 897. The van der Waals surface area contributed by atoms with Crippen LogP contribution in [-0.2, 0) is 11.0 Å². The van der Waals surface area contributed by atoms with E-state index in [1.807, 2.05) is 6.07 Å². The van der Waals surface area contributed by atoms with E-state index in [9.17, 15) is 18.0 Å². The van der Waals surface area contributed by atoms with Crippen LogP contribution in [0.2, 0.25) is 5.02 Å². The van der Waals surface area contributed by atoms with Gasteiger partial charge in [-0.1, -0.05) is 29.8 Å². The minimum atomic E-state index is -4.39. The number of Topliss-reactive ketones (excluding diaryl/α,β-unsaturated/α-hetero) is 1. The monoisotopic (exact) mass is 426 g/mol. The summed E-state index contributed by atoms with van der Waals surface area (Å²) >= 11 is 7.56. The maximum Gasteiger partial charge on any atom is 0.417 e. The van der Waals surface area contributed by atoms with Crippen molar-refractivity contribution in [1.29, 1.82) is 0 Å². The number of carbonyl (C=O) groups excluding carboxylic acids is 1. The summed E-state index contributed by atoms with van der Waals surface area (Å²) in [7, 11) is 0. The van der Waals surface area contributed by atoms with Crippen LogP contribution in [0, 0.1) is 5.92 Å². The van der Waals surface area contributed by atoms with Gasteiger partial charge in [-0.2, -0.15) is 13.2 Å². The SMILES string of the molecule is NC1=C(c2ccccc2Cl)C(=O)CC(CCSc2ccc(C(F)(F)F)cn2)C1. The van der Waals surface area contributed by atoms with E-state index in [4.69, 9.17) is 17.3 Å². The highest BCUT2D eigenvalue weighted by molar-refractivity contribution is 7.99. The molecule has 148 valence electrons. The largest absolute Gasteiger partial charge is 0.417 e. The van der Waals surface area contributed by atoms with E-state index in [2.05, 4.69) is 4.98 Å². The number of aromatic nitrogens is 1. The second-order valence-corrected chi connectivity index (χ2v) is 8.12. The van der Waals surface area contributed by atoms with Crippen molar-refractivity contribution in [2.24, 2.45) is 11.7 Å². The highest BCUT2D eigenvalue weighted by Gasteiger charge is 2.31. The van der Waals surface area contributed by atoms with E-state index in [1.54, 1.807) is 18.2 Å². The van der Waals surface area contributed by atoms with Crippen molar-refractivity contribution in [3.8, 4) is 0 Å². The minimum absolute atomic E-state index is 0.0282. The summed E-state index contributed by atoms with van der Waals surface area (Å²) in [5, 5.41) is 1.02. The summed E-state index contributed by atoms with van der Waals surface area (Å²) in [6.45, 7) is 0. The second-order valence-electron chi connectivity index (χ2n) is 6.60. The Morgan fingerprint density at radius 1 is 1.18 bits per heavy atom. The van der Waals surface area contributed by atoms with Crippen molar-refractivity contribution in [2.75, 3.05) is 5.75 Å². The molecule has 0 spiro atoms. The van der Waals surface area contributed by atoms with Crippen LogP contribution in [0.15, 0.2) is 53.3 Å². The smallest absolute Gasteiger partial charge is 0.401 e. The van der Waals surface area contributed by atoms with Crippen LogP contribution >= 0.6 is 23.4 Å². The van der Waals surface area contributed by atoms with Gasteiger partial charge in [0.2, 0.25) is 0 Å². The molecule has 1 aromatic heterocycles. The first-order chi connectivity index (χ1) is 13.3. The number of rotatable bonds is 5. The molecule has 1 aliphatic carbocycles. The third kappa shape index (κ3) is 4.89. The van der Waals surface area contributed by atoms with Gasteiger partial charge in [0.1, 0.15) is 0 Å². The fraction of sp³-hybridized carbons (Fsp3) is 0.300. The number of benzene rings is 1. The standard InChI is InChI=1S/C20H18ClF3N2OS/c21-15-4-2-1-3-14(15)19-16(25)9-12(10-17(19)27)7-8-28-18-6-5-13(11-26-18)20(22,23)24/h1-6,11-12H,7-10,25H2. The van der Waals surface area contributed by atoms with E-state index in [0.29, 0.717) is 45.5 Å². The molecule has 0 fully saturated rings. The van der Waals surface area contributed by atoms with Crippen LogP contribution < -0.4 is 5.73 Å². The van der Waals surface area contributed by atoms with Crippen LogP contribution in [0.3, 0.4) is 0 Å². The first-order valence-corrected chi connectivity index (χ1v) is 10.0. The fourth-order valence-corrected chi connectivity index (χ4v) is 4.37. The Balaban J connectivity index is 1.59. The molecule has 3 nitrogen and oxygen atoms in total. The topological polar surface area (TPSA) is 56.0 Å². The molecule has 1 heterocycles. The number of hydrogen-bond donors (Lipinski definition) is 1. The van der Waals surface area contributed by atoms with Crippen LogP contribution in [0.1, 0.15) is 30.4 Å². The summed E-state index contributed by atoms with van der Waals surface area (Å²) < 4.78 is 37.7. The Labute approximate surface area is 170 Å². The summed E-state index contributed by atoms with van der Waals surface area (Å²) in [5.41, 5.74) is 7.11. The van der Waals surface area contributed by atoms with E-state index in [0.717, 1.165) is 18.7 Å². The van der Waals surface area contributed by atoms with Crippen LogP contribution in [0.25, 0.3) is 5.57 Å². The first-order valence-electron chi connectivity index (χ1n) is 8.68. The molecule has 2 aromatic rings. The zero-order valence-corrected chi connectivity index (χ0v) is 16.4. The minimum Gasteiger partial charge on any atom is -0.401 e. The average molecular weight is 427 g/mol. The quantitative estimate of drug-likeness (QED) is 0.633. The van der Waals surface area contributed by atoms with Crippen molar-refractivity contribution in [2.45, 2.75) is 30.5 Å². The lowest BCUT2D eigenvalue weighted by Crippen LogP contribution is -2.23. The van der Waals surface area contributed by atoms with Crippen LogP contribution in [-0.4, -0.2) is 16.5 Å². The molecule has 1 aliphatic rings. The van der Waals surface area contributed by atoms with Crippen molar-refractivity contribution >= 4 is 34.7 Å². The molecule has 8 heteroatoms. The van der Waals surface area contributed by atoms with E-state index >= 15 is 0 Å². The normalized spacial score (nSPS) is 17.9. The van der Waals surface area contributed by atoms with Crippen molar-refractivity contribution < 1.29 is 18.0 Å². The van der Waals surface area contributed by atoms with Gasteiger partial charge in [0.25, 0.3) is 0 Å². The lowest BCUT2D eigenvalue weighted by molar-refractivity contribution is -0.137. The van der Waals surface area contributed by atoms with Crippen LogP contribution in [0.5, 0.6) is 0 Å². The predicted octanol–water partition coefficient (Wildman–Crippen LogP) is 5.59. The molecule has 3 rings (SSSR count). The summed E-state index contributed by atoms with van der Waals surface area (Å²) in [6, 6.07) is 9.51. The van der Waals surface area contributed by atoms with Gasteiger partial charge in [-0.15, -0.1) is 11.8 Å². The number of nitrogens with two attached hydrogens (primary N) is 1. The van der Waals surface area contributed by atoms with Gasteiger partial charge in [-0.05, 0) is 42.7 Å². The van der Waals surface area contributed by atoms with Crippen molar-refractivity contribution in [3.05, 3.63) is 64.4 Å². The Morgan fingerprint density at radius 2 is 1.93 bits per heavy atom. The third-order valence-corrected chi connectivity index (χ3v) is 5.87. The Hall–Kier alpha value is -1.99. The zero-order chi connectivity index (χ0) is 20.3. The molecule has 2 N–H and O–H groups in total. The molecule has 0 amide bonds. The van der Waals surface area contributed by atoms with Gasteiger partial charge < -0.3 is 5.73 Å². The van der Waals surface area contributed by atoms with Gasteiger partial charge in [-0.3, -0.25) is 4.79 Å². The molecule has 1 aromatic carbocycles. The highest BCUT2D eigenvalue weighted by Crippen LogP contribution is 2.36. The number of pyridine rings is 1. The first kappa shape index (κ1) is 20.7. The zero-order valence-electron chi connectivity index (χ0n) is 14.8. The maximum absolute atomic E-state index is 12.6. The number of hydrogen-bond acceptors (Lipinski definition) is 4. The van der Waals surface area contributed by atoms with Gasteiger partial charge in [0.15, 0.2) is 5.78 Å². The number of nitrogens with zero attached hydrogens (tertiary/aromatic N) is 1. The van der Waals surface area contributed by atoms with E-state index in [1.165, 1.54) is 17.8 Å². The number of halogens is 4. The lowest BCUT2D eigenvalue weighted by Gasteiger charge is -2.25. The van der Waals surface area contributed by atoms with Gasteiger partial charge in [0.05, 0.1) is 10.6 Å². The number of alkyl halides is 3. The summed E-state index contributed by atoms with van der Waals surface area (Å²) in [5.74, 6) is 0.713. The Kier molecular flexibility index (Phi) is 6.35. The number of carbonyl (C=O) groups is 1. The van der Waals surface area contributed by atoms with Crippen LogP contribution in [0.4, 0.5) is 13.2 Å². The molecule has 28 heavy (non-hydrogen) atoms. The number of thioether (sulfide) groups is 1. The van der Waals surface area contributed by atoms with Gasteiger partial charge in [-0.25, -0.2) is 4.98 Å². The van der Waals surface area contributed by atoms with Gasteiger partial charge >= 0.3 is 6.18 Å². The predicted molar refractivity (Wildman–Crippen MR) is 105 cm³/mol. The molecule has 0 saturated heterocycles. The summed E-state index contributed by atoms with van der Waals surface area (Å²) in [4.78, 5) is 16.5. The third-order valence-electron chi connectivity index (χ3n) is 4.57. The molecular weight excluding hydrogens is 409 g/mol. The highest BCUT2D eigenvalue weighted by atomic mass is 35.5. The molecule has 1 unspecified atom stereocenters. The summed E-state index contributed by atoms with van der Waals surface area (Å²) in [6.07, 6.45) is -1.86. The van der Waals surface area contributed by atoms with E-state index < -0.39 is 11.7 Å². The molecule has 0 bridgehead atoms. The van der Waals surface area contributed by atoms with E-state index in [-0.39, 0.29) is 11.7 Å². The van der Waals surface area contributed by atoms with Gasteiger partial charge in [0, 0.05) is 34.5 Å². The lowest BCUT2D eigenvalue weighted by atomic mass is 9.82. The fourth-order valence-electron chi connectivity index (χ4n) is 3.18. The molecule has 0 radical (unpaired) electrons. The number of allylic oxidation sites excluding steroid dienone is 2. The molecule has 1 atom stereocenters. The molecular formula is C20H18ClF3N2OS. The van der Waals surface area contributed by atoms with Crippen molar-refractivity contribution in [1.82, 2.24) is 4.98 Å². The maximum atomic E-state index is 12.6.